The second-order valence-electron chi connectivity index (χ2n) is 4.07. The summed E-state index contributed by atoms with van der Waals surface area (Å²) in [6.45, 7) is 1.72. The normalized spacial score (nSPS) is 14.0. The zero-order valence-electron chi connectivity index (χ0n) is 10.8. The van der Waals surface area contributed by atoms with Gasteiger partial charge in [-0.25, -0.2) is 0 Å². The second-order valence-corrected chi connectivity index (χ2v) is 4.07. The third kappa shape index (κ3) is 3.59. The van der Waals surface area contributed by atoms with E-state index >= 15 is 0 Å². The molecule has 1 atom stereocenters. The Kier molecular flexibility index (Phi) is 5.63. The lowest BCUT2D eigenvalue weighted by Crippen LogP contribution is -2.22. The summed E-state index contributed by atoms with van der Waals surface area (Å²) >= 11 is 0. The first-order valence-electron chi connectivity index (χ1n) is 5.89. The van der Waals surface area contributed by atoms with Crippen molar-refractivity contribution in [2.75, 3.05) is 6.61 Å². The van der Waals surface area contributed by atoms with Crippen molar-refractivity contribution in [1.29, 1.82) is 0 Å². The van der Waals surface area contributed by atoms with Crippen LogP contribution in [0.3, 0.4) is 0 Å². The van der Waals surface area contributed by atoms with Crippen LogP contribution in [0.15, 0.2) is 42.2 Å². The van der Waals surface area contributed by atoms with Crippen LogP contribution >= 0.6 is 0 Å². The minimum atomic E-state index is -0.400. The summed E-state index contributed by atoms with van der Waals surface area (Å²) in [5.74, 6) is 0. The molecule has 0 bridgehead atoms. The van der Waals surface area contributed by atoms with Crippen molar-refractivity contribution < 1.29 is 9.90 Å². The number of rotatable bonds is 6. The summed E-state index contributed by atoms with van der Waals surface area (Å²) in [6, 6.07) is 7.01. The van der Waals surface area contributed by atoms with Gasteiger partial charge in [0.1, 0.15) is 0 Å². The Bertz CT molecular complexity index is 478. The van der Waals surface area contributed by atoms with Gasteiger partial charge in [-0.3, -0.25) is 4.79 Å². The van der Waals surface area contributed by atoms with Crippen LogP contribution in [0.4, 0.5) is 0 Å². The summed E-state index contributed by atoms with van der Waals surface area (Å²) in [5.41, 5.74) is 14.5. The molecule has 0 aromatic heterocycles. The number of carbonyl (C=O) groups is 1. The molecular weight excluding hydrogens is 242 g/mol. The molecule has 6 N–H and O–H groups in total. The first-order valence-corrected chi connectivity index (χ1v) is 5.89. The molecule has 1 unspecified atom stereocenters. The minimum absolute atomic E-state index is 0.153. The van der Waals surface area contributed by atoms with Gasteiger partial charge >= 0.3 is 0 Å². The van der Waals surface area contributed by atoms with Crippen LogP contribution in [0, 0.1) is 0 Å². The van der Waals surface area contributed by atoms with Crippen molar-refractivity contribution in [3.8, 4) is 0 Å². The van der Waals surface area contributed by atoms with E-state index in [-0.39, 0.29) is 6.61 Å². The number of nitrogens with two attached hydrogens (primary N) is 2. The maximum absolute atomic E-state index is 10.4. The highest BCUT2D eigenvalue weighted by molar-refractivity contribution is 5.78. The van der Waals surface area contributed by atoms with E-state index < -0.39 is 6.04 Å². The summed E-state index contributed by atoms with van der Waals surface area (Å²) in [4.78, 5) is 10.4. The zero-order valence-corrected chi connectivity index (χ0v) is 10.8. The van der Waals surface area contributed by atoms with Gasteiger partial charge in [0.2, 0.25) is 6.41 Å². The van der Waals surface area contributed by atoms with Gasteiger partial charge in [-0.2, -0.15) is 0 Å². The van der Waals surface area contributed by atoms with Gasteiger partial charge in [-0.05, 0) is 29.8 Å². The molecular formula is C14H19N3O2. The monoisotopic (exact) mass is 261 g/mol. The number of allylic oxidation sites excluding steroid dienone is 2. The summed E-state index contributed by atoms with van der Waals surface area (Å²) in [7, 11) is 0. The molecule has 5 nitrogen and oxygen atoms in total. The third-order valence-electron chi connectivity index (χ3n) is 2.92. The molecule has 0 aliphatic heterocycles. The smallest absolute Gasteiger partial charge is 0.207 e. The molecule has 0 spiro atoms. The Morgan fingerprint density at radius 1 is 1.32 bits per heavy atom. The van der Waals surface area contributed by atoms with Gasteiger partial charge in [0, 0.05) is 11.8 Å². The Morgan fingerprint density at radius 3 is 2.37 bits per heavy atom. The predicted molar refractivity (Wildman–Crippen MR) is 75.6 cm³/mol. The number of benzene rings is 1. The molecule has 0 fully saturated rings. The first-order chi connectivity index (χ1) is 9.17. The Morgan fingerprint density at radius 2 is 1.95 bits per heavy atom. The SMILES string of the molecule is CC(=C/N)/C(=C\N)c1ccc(C(CO)NC=O)cc1. The minimum Gasteiger partial charge on any atom is -0.404 e. The van der Waals surface area contributed by atoms with E-state index in [0.717, 1.165) is 22.3 Å². The van der Waals surface area contributed by atoms with Gasteiger partial charge in [-0.15, -0.1) is 0 Å². The lowest BCUT2D eigenvalue weighted by Gasteiger charge is -2.14. The average molecular weight is 261 g/mol. The lowest BCUT2D eigenvalue weighted by molar-refractivity contribution is -0.110. The van der Waals surface area contributed by atoms with E-state index in [0.29, 0.717) is 6.41 Å². The molecule has 0 heterocycles. The highest BCUT2D eigenvalue weighted by Gasteiger charge is 2.09. The maximum Gasteiger partial charge on any atom is 0.207 e. The molecule has 1 rings (SSSR count). The third-order valence-corrected chi connectivity index (χ3v) is 2.92. The van der Waals surface area contributed by atoms with Crippen molar-refractivity contribution in [3.63, 3.8) is 0 Å². The van der Waals surface area contributed by atoms with Crippen molar-refractivity contribution in [2.45, 2.75) is 13.0 Å². The fraction of sp³-hybridized carbons (Fsp3) is 0.214. The van der Waals surface area contributed by atoms with E-state index in [9.17, 15) is 9.90 Å². The van der Waals surface area contributed by atoms with Crippen LogP contribution < -0.4 is 16.8 Å². The van der Waals surface area contributed by atoms with Gasteiger partial charge in [0.05, 0.1) is 12.6 Å². The van der Waals surface area contributed by atoms with Crippen molar-refractivity contribution in [3.05, 3.63) is 53.4 Å². The molecule has 1 aromatic carbocycles. The molecule has 0 aliphatic carbocycles. The highest BCUT2D eigenvalue weighted by Crippen LogP contribution is 2.23. The van der Waals surface area contributed by atoms with E-state index in [2.05, 4.69) is 5.32 Å². The Hall–Kier alpha value is -2.27. The van der Waals surface area contributed by atoms with Crippen molar-refractivity contribution in [1.82, 2.24) is 5.32 Å². The number of amides is 1. The summed E-state index contributed by atoms with van der Waals surface area (Å²) in [5, 5.41) is 11.7. The van der Waals surface area contributed by atoms with Gasteiger partial charge in [-0.1, -0.05) is 24.3 Å². The van der Waals surface area contributed by atoms with Crippen LogP contribution in [-0.4, -0.2) is 18.1 Å². The summed E-state index contributed by atoms with van der Waals surface area (Å²) < 4.78 is 0. The van der Waals surface area contributed by atoms with Crippen LogP contribution in [0.2, 0.25) is 0 Å². The van der Waals surface area contributed by atoms with Crippen LogP contribution in [0.1, 0.15) is 24.1 Å². The number of aliphatic hydroxyl groups is 1. The van der Waals surface area contributed by atoms with Gasteiger partial charge < -0.3 is 21.9 Å². The molecule has 5 heteroatoms. The summed E-state index contributed by atoms with van der Waals surface area (Å²) in [6.07, 6.45) is 3.57. The highest BCUT2D eigenvalue weighted by atomic mass is 16.3. The molecule has 0 radical (unpaired) electrons. The number of hydrogen-bond acceptors (Lipinski definition) is 4. The number of aliphatic hydroxyl groups excluding tert-OH is 1. The largest absolute Gasteiger partial charge is 0.404 e. The van der Waals surface area contributed by atoms with Crippen LogP contribution in [-0.2, 0) is 4.79 Å². The molecule has 0 aliphatic rings. The fourth-order valence-corrected chi connectivity index (χ4v) is 1.78. The van der Waals surface area contributed by atoms with E-state index in [1.807, 2.05) is 31.2 Å². The van der Waals surface area contributed by atoms with Crippen molar-refractivity contribution >= 4 is 12.0 Å². The lowest BCUT2D eigenvalue weighted by atomic mass is 9.98. The van der Waals surface area contributed by atoms with Gasteiger partial charge in [0.25, 0.3) is 0 Å². The molecule has 1 amide bonds. The molecule has 102 valence electrons. The Labute approximate surface area is 112 Å². The molecule has 1 aromatic rings. The van der Waals surface area contributed by atoms with Crippen LogP contribution in [0.5, 0.6) is 0 Å². The second kappa shape index (κ2) is 7.23. The van der Waals surface area contributed by atoms with Crippen LogP contribution in [0.25, 0.3) is 5.57 Å². The zero-order chi connectivity index (χ0) is 14.3. The standard InChI is InChI=1S/C14H19N3O2/c1-10(6-15)13(7-16)11-2-4-12(5-3-11)14(8-18)17-9-19/h2-7,9,14,18H,8,15-16H2,1H3,(H,17,19)/b10-6-,13-7+. The maximum atomic E-state index is 10.4. The molecule has 0 saturated heterocycles. The first kappa shape index (κ1) is 14.8. The Balaban J connectivity index is 3.01. The van der Waals surface area contributed by atoms with E-state index in [4.69, 9.17) is 11.5 Å². The predicted octanol–water partition coefficient (Wildman–Crippen LogP) is 0.628. The topological polar surface area (TPSA) is 101 Å². The number of carbonyl (C=O) groups excluding carboxylic acids is 1. The van der Waals surface area contributed by atoms with E-state index in [1.54, 1.807) is 0 Å². The fourth-order valence-electron chi connectivity index (χ4n) is 1.78. The van der Waals surface area contributed by atoms with E-state index in [1.165, 1.54) is 12.4 Å². The quantitative estimate of drug-likeness (QED) is 0.445. The molecule has 19 heavy (non-hydrogen) atoms. The number of hydrogen-bond donors (Lipinski definition) is 4. The average Bonchev–Trinajstić information content (AvgIpc) is 2.46. The molecule has 0 saturated carbocycles. The number of nitrogens with one attached hydrogen (secondary N) is 1. The van der Waals surface area contributed by atoms with Crippen molar-refractivity contribution in [2.24, 2.45) is 11.5 Å². The van der Waals surface area contributed by atoms with Gasteiger partial charge in [0.15, 0.2) is 0 Å².